The van der Waals surface area contributed by atoms with E-state index in [-0.39, 0.29) is 11.5 Å². The number of ether oxygens (including phenoxy) is 1. The SMILES string of the molecule is C[C@@H]1CN(C(=O)C23CC4CC(CC(C4)C2)C3)c2ccccc2O1. The molecule has 3 heteroatoms. The lowest BCUT2D eigenvalue weighted by Crippen LogP contribution is -2.56. The van der Waals surface area contributed by atoms with Crippen molar-refractivity contribution in [1.82, 2.24) is 0 Å². The molecule has 6 rings (SSSR count). The molecular formula is C20H25NO2. The zero-order valence-electron chi connectivity index (χ0n) is 13.8. The Morgan fingerprint density at radius 2 is 1.70 bits per heavy atom. The molecule has 122 valence electrons. The molecule has 1 atom stereocenters. The Bertz CT molecular complexity index is 618. The van der Waals surface area contributed by atoms with E-state index >= 15 is 0 Å². The van der Waals surface area contributed by atoms with Crippen LogP contribution in [0.4, 0.5) is 5.69 Å². The van der Waals surface area contributed by atoms with Crippen LogP contribution in [0.5, 0.6) is 5.75 Å². The van der Waals surface area contributed by atoms with E-state index in [0.717, 1.165) is 48.5 Å². The monoisotopic (exact) mass is 311 g/mol. The molecular weight excluding hydrogens is 286 g/mol. The van der Waals surface area contributed by atoms with Crippen LogP contribution in [-0.4, -0.2) is 18.6 Å². The number of nitrogens with zero attached hydrogens (tertiary/aromatic N) is 1. The zero-order chi connectivity index (χ0) is 15.6. The lowest BCUT2D eigenvalue weighted by Gasteiger charge is -2.57. The lowest BCUT2D eigenvalue weighted by atomic mass is 9.49. The van der Waals surface area contributed by atoms with E-state index in [1.54, 1.807) is 0 Å². The second-order valence-electron chi connectivity index (χ2n) is 8.51. The van der Waals surface area contributed by atoms with Crippen LogP contribution in [0.25, 0.3) is 0 Å². The molecule has 0 saturated heterocycles. The van der Waals surface area contributed by atoms with Crippen molar-refractivity contribution in [3.63, 3.8) is 0 Å². The third kappa shape index (κ3) is 2.05. The van der Waals surface area contributed by atoms with Gasteiger partial charge in [0.15, 0.2) is 0 Å². The minimum Gasteiger partial charge on any atom is -0.487 e. The number of rotatable bonds is 1. The highest BCUT2D eigenvalue weighted by Crippen LogP contribution is 2.61. The van der Waals surface area contributed by atoms with Gasteiger partial charge in [-0.1, -0.05) is 12.1 Å². The van der Waals surface area contributed by atoms with Gasteiger partial charge >= 0.3 is 0 Å². The van der Waals surface area contributed by atoms with E-state index in [2.05, 4.69) is 11.8 Å². The summed E-state index contributed by atoms with van der Waals surface area (Å²) in [6.07, 6.45) is 7.60. The molecule has 1 aromatic carbocycles. The van der Waals surface area contributed by atoms with E-state index in [4.69, 9.17) is 4.74 Å². The van der Waals surface area contributed by atoms with Crippen LogP contribution >= 0.6 is 0 Å². The molecule has 4 aliphatic carbocycles. The van der Waals surface area contributed by atoms with Gasteiger partial charge in [-0.2, -0.15) is 0 Å². The third-order valence-corrected chi connectivity index (χ3v) is 6.66. The van der Waals surface area contributed by atoms with Crippen LogP contribution in [0.15, 0.2) is 24.3 Å². The molecule has 23 heavy (non-hydrogen) atoms. The maximum atomic E-state index is 13.6. The Morgan fingerprint density at radius 1 is 1.09 bits per heavy atom. The number of hydrogen-bond acceptors (Lipinski definition) is 2. The number of benzene rings is 1. The maximum absolute atomic E-state index is 13.6. The van der Waals surface area contributed by atoms with E-state index in [1.807, 2.05) is 24.3 Å². The van der Waals surface area contributed by atoms with Gasteiger partial charge < -0.3 is 9.64 Å². The number of amides is 1. The van der Waals surface area contributed by atoms with Crippen molar-refractivity contribution in [3.05, 3.63) is 24.3 Å². The van der Waals surface area contributed by atoms with Crippen molar-refractivity contribution >= 4 is 11.6 Å². The minimum atomic E-state index is -0.0705. The summed E-state index contributed by atoms with van der Waals surface area (Å²) < 4.78 is 5.94. The molecule has 4 bridgehead atoms. The smallest absolute Gasteiger partial charge is 0.233 e. The molecule has 0 N–H and O–H groups in total. The van der Waals surface area contributed by atoms with Crippen LogP contribution in [0, 0.1) is 23.2 Å². The zero-order valence-corrected chi connectivity index (χ0v) is 13.8. The minimum absolute atomic E-state index is 0.0705. The number of carbonyl (C=O) groups is 1. The third-order valence-electron chi connectivity index (χ3n) is 6.66. The van der Waals surface area contributed by atoms with Crippen LogP contribution in [0.1, 0.15) is 45.4 Å². The predicted octanol–water partition coefficient (Wildman–Crippen LogP) is 4.02. The highest BCUT2D eigenvalue weighted by atomic mass is 16.5. The average molecular weight is 311 g/mol. The maximum Gasteiger partial charge on any atom is 0.233 e. The van der Waals surface area contributed by atoms with Gasteiger partial charge in [0.2, 0.25) is 5.91 Å². The summed E-state index contributed by atoms with van der Waals surface area (Å²) in [5.41, 5.74) is 0.908. The summed E-state index contributed by atoms with van der Waals surface area (Å²) in [5.74, 6) is 3.67. The highest BCUT2D eigenvalue weighted by molar-refractivity contribution is 5.99. The average Bonchev–Trinajstić information content (AvgIpc) is 2.52. The second kappa shape index (κ2) is 4.75. The number of para-hydroxylation sites is 2. The fraction of sp³-hybridized carbons (Fsp3) is 0.650. The Hall–Kier alpha value is -1.51. The Morgan fingerprint density at radius 3 is 2.35 bits per heavy atom. The quantitative estimate of drug-likeness (QED) is 0.784. The molecule has 1 aliphatic heterocycles. The fourth-order valence-corrected chi connectivity index (χ4v) is 6.24. The van der Waals surface area contributed by atoms with Gasteiger partial charge in [0, 0.05) is 0 Å². The summed E-state index contributed by atoms with van der Waals surface area (Å²) in [6, 6.07) is 8.03. The van der Waals surface area contributed by atoms with Crippen molar-refractivity contribution in [2.75, 3.05) is 11.4 Å². The Balaban J connectivity index is 1.51. The van der Waals surface area contributed by atoms with Crippen LogP contribution < -0.4 is 9.64 Å². The fourth-order valence-electron chi connectivity index (χ4n) is 6.24. The predicted molar refractivity (Wildman–Crippen MR) is 89.5 cm³/mol. The van der Waals surface area contributed by atoms with Crippen LogP contribution in [0.3, 0.4) is 0 Å². The number of fused-ring (bicyclic) bond motifs is 1. The van der Waals surface area contributed by atoms with Crippen LogP contribution in [-0.2, 0) is 4.79 Å². The highest BCUT2D eigenvalue weighted by Gasteiger charge is 2.56. The second-order valence-corrected chi connectivity index (χ2v) is 8.51. The standard InChI is InChI=1S/C20H25NO2/c1-13-12-21(17-4-2-3-5-18(17)23-13)19(22)20-9-14-6-15(10-20)8-16(7-14)11-20/h2-5,13-16H,6-12H2,1H3/t13-,14?,15?,16?,20?/m1/s1. The molecule has 1 heterocycles. The first-order chi connectivity index (χ1) is 11.1. The van der Waals surface area contributed by atoms with Crippen molar-refractivity contribution in [1.29, 1.82) is 0 Å². The Kier molecular flexibility index (Phi) is 2.87. The van der Waals surface area contributed by atoms with Gasteiger partial charge in [0.25, 0.3) is 0 Å². The first-order valence-electron chi connectivity index (χ1n) is 9.21. The summed E-state index contributed by atoms with van der Waals surface area (Å²) in [7, 11) is 0. The molecule has 4 saturated carbocycles. The molecule has 1 amide bonds. The van der Waals surface area contributed by atoms with E-state index in [1.165, 1.54) is 19.3 Å². The number of hydrogen-bond donors (Lipinski definition) is 0. The summed E-state index contributed by atoms with van der Waals surface area (Å²) in [4.78, 5) is 15.7. The molecule has 0 radical (unpaired) electrons. The molecule has 0 aromatic heterocycles. The van der Waals surface area contributed by atoms with Crippen molar-refractivity contribution < 1.29 is 9.53 Å². The van der Waals surface area contributed by atoms with E-state index in [0.29, 0.717) is 12.5 Å². The first kappa shape index (κ1) is 13.9. The molecule has 4 fully saturated rings. The summed E-state index contributed by atoms with van der Waals surface area (Å²) in [6.45, 7) is 2.76. The number of carbonyl (C=O) groups excluding carboxylic acids is 1. The molecule has 0 unspecified atom stereocenters. The topological polar surface area (TPSA) is 29.5 Å². The molecule has 3 nitrogen and oxygen atoms in total. The van der Waals surface area contributed by atoms with Crippen molar-refractivity contribution in [2.45, 2.75) is 51.6 Å². The van der Waals surface area contributed by atoms with Gasteiger partial charge in [0.1, 0.15) is 11.9 Å². The van der Waals surface area contributed by atoms with Gasteiger partial charge in [-0.25, -0.2) is 0 Å². The Labute approximate surface area is 138 Å². The molecule has 1 aromatic rings. The first-order valence-corrected chi connectivity index (χ1v) is 9.21. The van der Waals surface area contributed by atoms with E-state index in [9.17, 15) is 4.79 Å². The summed E-state index contributed by atoms with van der Waals surface area (Å²) in [5, 5.41) is 0. The van der Waals surface area contributed by atoms with Gasteiger partial charge in [0.05, 0.1) is 17.6 Å². The van der Waals surface area contributed by atoms with Gasteiger partial charge in [-0.05, 0) is 75.3 Å². The largest absolute Gasteiger partial charge is 0.487 e. The van der Waals surface area contributed by atoms with Gasteiger partial charge in [-0.15, -0.1) is 0 Å². The number of anilines is 1. The molecule has 0 spiro atoms. The normalized spacial score (nSPS) is 40.7. The van der Waals surface area contributed by atoms with Crippen LogP contribution in [0.2, 0.25) is 0 Å². The summed E-state index contributed by atoms with van der Waals surface area (Å²) >= 11 is 0. The van der Waals surface area contributed by atoms with E-state index < -0.39 is 0 Å². The lowest BCUT2D eigenvalue weighted by molar-refractivity contribution is -0.143. The van der Waals surface area contributed by atoms with Crippen molar-refractivity contribution in [3.8, 4) is 5.75 Å². The molecule has 5 aliphatic rings. The van der Waals surface area contributed by atoms with Gasteiger partial charge in [-0.3, -0.25) is 4.79 Å². The van der Waals surface area contributed by atoms with Crippen molar-refractivity contribution in [2.24, 2.45) is 23.2 Å².